The van der Waals surface area contributed by atoms with Crippen LogP contribution in [-0.2, 0) is 21.7 Å². The number of anilines is 6. The Morgan fingerprint density at radius 1 is 0.271 bits per heavy atom. The van der Waals surface area contributed by atoms with Crippen molar-refractivity contribution in [3.8, 4) is 0 Å². The molecule has 0 saturated carbocycles. The summed E-state index contributed by atoms with van der Waals surface area (Å²) in [5.74, 6) is 0. The Labute approximate surface area is 413 Å². The molecule has 11 rings (SSSR count). The molecule has 11 aromatic rings. The first-order valence-corrected chi connectivity index (χ1v) is 24.9. The van der Waals surface area contributed by atoms with E-state index in [1.54, 1.807) is 0 Å². The van der Waals surface area contributed by atoms with Crippen molar-refractivity contribution in [3.05, 3.63) is 192 Å². The Morgan fingerprint density at radius 3 is 0.871 bits per heavy atom. The smallest absolute Gasteiger partial charge is 0.139 e. The summed E-state index contributed by atoms with van der Waals surface area (Å²) in [7, 11) is 0. The summed E-state index contributed by atoms with van der Waals surface area (Å²) in [6, 6.07) is 62.5. The van der Waals surface area contributed by atoms with Gasteiger partial charge in [-0.25, -0.2) is 0 Å². The minimum atomic E-state index is -0.0650. The van der Waals surface area contributed by atoms with E-state index in [9.17, 15) is 0 Å². The molecule has 0 amide bonds. The van der Waals surface area contributed by atoms with Crippen LogP contribution in [0.25, 0.3) is 65.4 Å². The van der Waals surface area contributed by atoms with Crippen LogP contribution in [0.4, 0.5) is 34.1 Å². The fourth-order valence-electron chi connectivity index (χ4n) is 10.8. The Bertz CT molecular complexity index is 3470. The van der Waals surface area contributed by atoms with Crippen molar-refractivity contribution in [1.82, 2.24) is 0 Å². The largest absolute Gasteiger partial charge is 0.456 e. The van der Waals surface area contributed by atoms with E-state index in [-0.39, 0.29) is 21.7 Å². The van der Waals surface area contributed by atoms with Crippen molar-refractivity contribution >= 4 is 99.5 Å². The lowest BCUT2D eigenvalue weighted by Crippen LogP contribution is -2.22. The van der Waals surface area contributed by atoms with Gasteiger partial charge in [0.1, 0.15) is 22.3 Å². The molecule has 0 fully saturated rings. The monoisotopic (exact) mass is 916 g/mol. The van der Waals surface area contributed by atoms with Gasteiger partial charge in [-0.15, -0.1) is 0 Å². The third-order valence-corrected chi connectivity index (χ3v) is 14.3. The molecule has 350 valence electrons. The Morgan fingerprint density at radius 2 is 0.557 bits per heavy atom. The van der Waals surface area contributed by atoms with E-state index >= 15 is 0 Å². The Hall–Kier alpha value is -7.30. The first kappa shape index (κ1) is 45.2. The number of hydrogen-bond acceptors (Lipinski definition) is 4. The summed E-state index contributed by atoms with van der Waals surface area (Å²) in [5.41, 5.74) is 15.2. The van der Waals surface area contributed by atoms with Gasteiger partial charge in [-0.1, -0.05) is 168 Å². The SMILES string of the molecule is CC(C)(C)c1ccccc1N(c1ccc2cc3c(cc2c1)oc1cc2oc4cc5cc(N(c6ccccc6C(C)(C)C)c6ccccc6C(C)(C)C)ccc5cc4c2cc13)c1ccccc1C(C)(C)C. The predicted octanol–water partition coefficient (Wildman–Crippen LogP) is 19.9. The molecule has 9 aromatic carbocycles. The topological polar surface area (TPSA) is 32.8 Å². The lowest BCUT2D eigenvalue weighted by molar-refractivity contribution is 0.586. The van der Waals surface area contributed by atoms with Crippen molar-refractivity contribution in [1.29, 1.82) is 0 Å². The molecule has 0 spiro atoms. The summed E-state index contributed by atoms with van der Waals surface area (Å²) in [6.07, 6.45) is 0. The number of fused-ring (bicyclic) bond motifs is 8. The van der Waals surface area contributed by atoms with Crippen LogP contribution in [0.2, 0.25) is 0 Å². The van der Waals surface area contributed by atoms with Crippen LogP contribution in [0.1, 0.15) is 105 Å². The molecular weight excluding hydrogens is 853 g/mol. The van der Waals surface area contributed by atoms with E-state index in [0.717, 1.165) is 76.8 Å². The average Bonchev–Trinajstić information content (AvgIpc) is 3.84. The highest BCUT2D eigenvalue weighted by atomic mass is 16.3. The molecule has 70 heavy (non-hydrogen) atoms. The zero-order valence-electron chi connectivity index (χ0n) is 42.9. The third kappa shape index (κ3) is 7.79. The molecule has 0 N–H and O–H groups in total. The second-order valence-corrected chi connectivity index (χ2v) is 23.5. The minimum absolute atomic E-state index is 0.0650. The molecule has 0 aliphatic rings. The van der Waals surface area contributed by atoms with E-state index in [0.29, 0.717) is 0 Å². The van der Waals surface area contributed by atoms with Crippen molar-refractivity contribution in [2.75, 3.05) is 9.80 Å². The number of benzene rings is 9. The maximum atomic E-state index is 6.75. The first-order valence-electron chi connectivity index (χ1n) is 24.9. The zero-order valence-corrected chi connectivity index (χ0v) is 42.9. The predicted molar refractivity (Wildman–Crippen MR) is 300 cm³/mol. The summed E-state index contributed by atoms with van der Waals surface area (Å²) >= 11 is 0. The number of hydrogen-bond donors (Lipinski definition) is 0. The van der Waals surface area contributed by atoms with Gasteiger partial charge < -0.3 is 18.6 Å². The van der Waals surface area contributed by atoms with Gasteiger partial charge in [0, 0.05) is 61.7 Å². The maximum absolute atomic E-state index is 6.75. The van der Waals surface area contributed by atoms with E-state index in [1.807, 2.05) is 0 Å². The van der Waals surface area contributed by atoms with Gasteiger partial charge in [0.2, 0.25) is 0 Å². The molecule has 4 nitrogen and oxygen atoms in total. The second-order valence-electron chi connectivity index (χ2n) is 23.5. The number of nitrogens with zero attached hydrogens (tertiary/aromatic N) is 2. The third-order valence-electron chi connectivity index (χ3n) is 14.3. The van der Waals surface area contributed by atoms with Crippen LogP contribution in [0.5, 0.6) is 0 Å². The van der Waals surface area contributed by atoms with Crippen LogP contribution in [0, 0.1) is 0 Å². The molecule has 4 heteroatoms. The van der Waals surface area contributed by atoms with Crippen LogP contribution in [-0.4, -0.2) is 0 Å². The van der Waals surface area contributed by atoms with Crippen molar-refractivity contribution in [2.45, 2.75) is 105 Å². The molecule has 0 atom stereocenters. The average molecular weight is 917 g/mol. The molecule has 0 bridgehead atoms. The number of rotatable bonds is 6. The Kier molecular flexibility index (Phi) is 10.4. The van der Waals surface area contributed by atoms with Gasteiger partial charge in [0.25, 0.3) is 0 Å². The second kappa shape index (κ2) is 16.1. The highest BCUT2D eigenvalue weighted by Gasteiger charge is 2.30. The number of para-hydroxylation sites is 4. The van der Waals surface area contributed by atoms with Gasteiger partial charge in [-0.2, -0.15) is 0 Å². The lowest BCUT2D eigenvalue weighted by Gasteiger charge is -2.35. The van der Waals surface area contributed by atoms with E-state index in [1.165, 1.54) is 45.0 Å². The normalized spacial score (nSPS) is 12.9. The molecule has 0 unspecified atom stereocenters. The molecule has 2 heterocycles. The maximum Gasteiger partial charge on any atom is 0.139 e. The molecular formula is C66H64N2O2. The summed E-state index contributed by atoms with van der Waals surface area (Å²) < 4.78 is 13.5. The van der Waals surface area contributed by atoms with Gasteiger partial charge in [0.15, 0.2) is 0 Å². The van der Waals surface area contributed by atoms with Crippen molar-refractivity contribution in [3.63, 3.8) is 0 Å². The molecule has 0 saturated heterocycles. The number of furan rings is 2. The summed E-state index contributed by atoms with van der Waals surface area (Å²) in [6.45, 7) is 27.6. The highest BCUT2D eigenvalue weighted by molar-refractivity contribution is 6.18. The summed E-state index contributed by atoms with van der Waals surface area (Å²) in [4.78, 5) is 4.92. The molecule has 0 aliphatic heterocycles. The molecule has 0 aliphatic carbocycles. The van der Waals surface area contributed by atoms with E-state index in [4.69, 9.17) is 8.83 Å². The zero-order chi connectivity index (χ0) is 49.1. The standard InChI is InChI=1S/C66H64N2O2/c1-63(2,3)51-21-13-17-25-55(51)67(56-26-18-14-22-52(56)64(4,5)6)45-31-29-41-35-47-49-39-50-48-36-42-30-32-46(34-44(42)38-60(48)70-62(50)40-61(49)69-59(47)37-43(41)33-45)68(57-27-19-15-23-53(57)65(7,8)9)58-28-20-16-24-54(58)66(10,11)12/h13-40H,1-12H3. The summed E-state index contributed by atoms with van der Waals surface area (Å²) in [5, 5.41) is 8.92. The van der Waals surface area contributed by atoms with Gasteiger partial charge >= 0.3 is 0 Å². The van der Waals surface area contributed by atoms with Crippen LogP contribution in [0.3, 0.4) is 0 Å². The lowest BCUT2D eigenvalue weighted by atomic mass is 9.83. The van der Waals surface area contributed by atoms with Crippen molar-refractivity contribution in [2.24, 2.45) is 0 Å². The molecule has 0 radical (unpaired) electrons. The Balaban J connectivity index is 1.03. The van der Waals surface area contributed by atoms with Gasteiger partial charge in [-0.3, -0.25) is 0 Å². The van der Waals surface area contributed by atoms with E-state index < -0.39 is 0 Å². The van der Waals surface area contributed by atoms with Gasteiger partial charge in [-0.05, 0) is 144 Å². The van der Waals surface area contributed by atoms with Crippen LogP contribution in [0.15, 0.2) is 179 Å². The van der Waals surface area contributed by atoms with Crippen LogP contribution >= 0.6 is 0 Å². The highest BCUT2D eigenvalue weighted by Crippen LogP contribution is 2.48. The fraction of sp³-hybridized carbons (Fsp3) is 0.242. The minimum Gasteiger partial charge on any atom is -0.456 e. The fourth-order valence-corrected chi connectivity index (χ4v) is 10.8. The van der Waals surface area contributed by atoms with Crippen LogP contribution < -0.4 is 9.80 Å². The van der Waals surface area contributed by atoms with Gasteiger partial charge in [0.05, 0.1) is 0 Å². The first-order chi connectivity index (χ1) is 33.2. The quantitative estimate of drug-likeness (QED) is 0.166. The molecule has 2 aromatic heterocycles. The van der Waals surface area contributed by atoms with E-state index in [2.05, 4.69) is 263 Å². The van der Waals surface area contributed by atoms with Crippen molar-refractivity contribution < 1.29 is 8.83 Å².